The summed E-state index contributed by atoms with van der Waals surface area (Å²) >= 11 is 0. The van der Waals surface area contributed by atoms with Gasteiger partial charge >= 0.3 is 12.1 Å². The fourth-order valence-electron chi connectivity index (χ4n) is 4.48. The molecule has 9 heteroatoms. The first-order valence-corrected chi connectivity index (χ1v) is 10.9. The van der Waals surface area contributed by atoms with Gasteiger partial charge in [-0.3, -0.25) is 4.79 Å². The molecule has 2 aliphatic rings. The van der Waals surface area contributed by atoms with Crippen molar-refractivity contribution < 1.29 is 27.9 Å². The fraction of sp³-hybridized carbons (Fsp3) is 0.360. The molecule has 0 radical (unpaired) electrons. The Kier molecular flexibility index (Phi) is 5.93. The van der Waals surface area contributed by atoms with Crippen molar-refractivity contribution in [1.29, 1.82) is 0 Å². The molecule has 1 heterocycles. The van der Waals surface area contributed by atoms with Crippen molar-refractivity contribution in [3.05, 3.63) is 82.1 Å². The average molecular weight is 473 g/mol. The zero-order valence-corrected chi connectivity index (χ0v) is 19.1. The van der Waals surface area contributed by atoms with E-state index < -0.39 is 23.2 Å². The second-order valence-electron chi connectivity index (χ2n) is 8.93. The minimum Gasteiger partial charge on any atom is -0.478 e. The highest BCUT2D eigenvalue weighted by atomic mass is 19.4. The molecule has 2 aromatic carbocycles. The molecule has 0 saturated heterocycles. The maximum absolute atomic E-state index is 13.5. The van der Waals surface area contributed by atoms with Crippen molar-refractivity contribution in [1.82, 2.24) is 15.3 Å². The Morgan fingerprint density at radius 2 is 1.65 bits per heavy atom. The number of hydrazine groups is 1. The van der Waals surface area contributed by atoms with E-state index in [0.29, 0.717) is 17.6 Å². The monoisotopic (exact) mass is 473 g/mol. The van der Waals surface area contributed by atoms with E-state index in [4.69, 9.17) is 5.11 Å². The van der Waals surface area contributed by atoms with Crippen molar-refractivity contribution in [2.75, 3.05) is 14.1 Å². The van der Waals surface area contributed by atoms with Crippen LogP contribution in [0, 0.1) is 0 Å². The first kappa shape index (κ1) is 23.8. The number of amides is 1. The molecule has 1 saturated carbocycles. The van der Waals surface area contributed by atoms with Crippen molar-refractivity contribution in [3.63, 3.8) is 0 Å². The third kappa shape index (κ3) is 4.40. The molecule has 6 nitrogen and oxygen atoms in total. The summed E-state index contributed by atoms with van der Waals surface area (Å²) in [6.45, 7) is 1.85. The highest BCUT2D eigenvalue weighted by Crippen LogP contribution is 2.46. The van der Waals surface area contributed by atoms with E-state index in [2.05, 4.69) is 5.32 Å². The van der Waals surface area contributed by atoms with Crippen molar-refractivity contribution in [2.24, 2.45) is 0 Å². The highest BCUT2D eigenvalue weighted by molar-refractivity contribution is 5.96. The normalized spacial score (nSPS) is 19.9. The zero-order valence-electron chi connectivity index (χ0n) is 19.1. The van der Waals surface area contributed by atoms with Crippen LogP contribution in [0.25, 0.3) is 0 Å². The number of hydrogen-bond acceptors (Lipinski definition) is 4. The Morgan fingerprint density at radius 1 is 1.06 bits per heavy atom. The van der Waals surface area contributed by atoms with Crippen molar-refractivity contribution in [3.8, 4) is 0 Å². The molecule has 1 aliphatic heterocycles. The lowest BCUT2D eigenvalue weighted by Gasteiger charge is -2.29. The smallest absolute Gasteiger partial charge is 0.416 e. The van der Waals surface area contributed by atoms with Crippen LogP contribution in [0.3, 0.4) is 0 Å². The molecule has 1 atom stereocenters. The molecule has 2 aromatic rings. The Balaban J connectivity index is 1.55. The van der Waals surface area contributed by atoms with Crippen LogP contribution in [-0.2, 0) is 22.9 Å². The van der Waals surface area contributed by atoms with Crippen LogP contribution in [0.15, 0.2) is 59.8 Å². The molecular weight excluding hydrogens is 447 g/mol. The number of carboxylic acid groups (broad SMARTS) is 1. The van der Waals surface area contributed by atoms with Gasteiger partial charge < -0.3 is 15.4 Å². The largest absolute Gasteiger partial charge is 0.478 e. The van der Waals surface area contributed by atoms with E-state index in [0.717, 1.165) is 36.2 Å². The van der Waals surface area contributed by atoms with Gasteiger partial charge in [0.2, 0.25) is 0 Å². The lowest BCUT2D eigenvalue weighted by molar-refractivity contribution is -0.137. The van der Waals surface area contributed by atoms with Crippen LogP contribution in [-0.4, -0.2) is 47.1 Å². The number of alkyl halides is 3. The lowest BCUT2D eigenvalue weighted by Crippen LogP contribution is -2.42. The maximum atomic E-state index is 13.5. The number of likely N-dealkylation sites (N-methyl/N-ethyl adjacent to an activating group) is 1. The molecule has 0 aromatic heterocycles. The number of carboxylic acids is 1. The van der Waals surface area contributed by atoms with E-state index in [1.807, 2.05) is 31.0 Å². The van der Waals surface area contributed by atoms with Gasteiger partial charge in [-0.15, -0.1) is 0 Å². The van der Waals surface area contributed by atoms with Gasteiger partial charge in [0.1, 0.15) is 0 Å². The molecule has 0 spiro atoms. The first-order chi connectivity index (χ1) is 15.9. The summed E-state index contributed by atoms with van der Waals surface area (Å²) in [6, 6.07) is 11.2. The van der Waals surface area contributed by atoms with Crippen LogP contribution in [0.2, 0.25) is 0 Å². The van der Waals surface area contributed by atoms with Gasteiger partial charge in [-0.1, -0.05) is 24.3 Å². The number of nitrogens with one attached hydrogen (secondary N) is 1. The third-order valence-corrected chi connectivity index (χ3v) is 6.87. The lowest BCUT2D eigenvalue weighted by atomic mass is 9.96. The van der Waals surface area contributed by atoms with E-state index in [-0.39, 0.29) is 17.5 Å². The SMILES string of the molecule is CC1=C(C(=O)NC2(c3ccc(C(=O)O)cc3)CC2)C(Cc2ccc(C(F)(F)F)cc2)N(C)N1C. The van der Waals surface area contributed by atoms with Gasteiger partial charge in [0.15, 0.2) is 0 Å². The van der Waals surface area contributed by atoms with Crippen LogP contribution in [0.4, 0.5) is 13.2 Å². The number of halogens is 3. The number of aromatic carboxylic acids is 1. The minimum atomic E-state index is -4.40. The van der Waals surface area contributed by atoms with Gasteiger partial charge in [0.05, 0.1) is 28.3 Å². The summed E-state index contributed by atoms with van der Waals surface area (Å²) in [4.78, 5) is 24.6. The Bertz CT molecular complexity index is 1140. The number of allylic oxidation sites excluding steroid dienone is 1. The van der Waals surface area contributed by atoms with E-state index >= 15 is 0 Å². The summed E-state index contributed by atoms with van der Waals surface area (Å²) in [7, 11) is 3.68. The van der Waals surface area contributed by atoms with Gasteiger partial charge in [0.25, 0.3) is 5.91 Å². The third-order valence-electron chi connectivity index (χ3n) is 6.87. The number of nitrogens with zero attached hydrogens (tertiary/aromatic N) is 2. The summed E-state index contributed by atoms with van der Waals surface area (Å²) in [5.41, 5.74) is 1.82. The molecule has 180 valence electrons. The van der Waals surface area contributed by atoms with Crippen LogP contribution in [0.5, 0.6) is 0 Å². The summed E-state index contributed by atoms with van der Waals surface area (Å²) in [5.74, 6) is -1.24. The number of hydrogen-bond donors (Lipinski definition) is 2. The Morgan fingerprint density at radius 3 is 2.15 bits per heavy atom. The van der Waals surface area contributed by atoms with E-state index in [1.165, 1.54) is 24.3 Å². The molecular formula is C25H26F3N3O3. The number of rotatable bonds is 6. The molecule has 0 bridgehead atoms. The van der Waals surface area contributed by atoms with Crippen molar-refractivity contribution in [2.45, 2.75) is 43.9 Å². The van der Waals surface area contributed by atoms with Gasteiger partial charge in [-0.05, 0) is 61.6 Å². The fourth-order valence-corrected chi connectivity index (χ4v) is 4.48. The average Bonchev–Trinajstić information content (AvgIpc) is 3.53. The van der Waals surface area contributed by atoms with E-state index in [1.54, 1.807) is 12.1 Å². The molecule has 1 unspecified atom stereocenters. The summed E-state index contributed by atoms with van der Waals surface area (Å²) < 4.78 is 38.8. The topological polar surface area (TPSA) is 72.9 Å². The quantitative estimate of drug-likeness (QED) is 0.659. The first-order valence-electron chi connectivity index (χ1n) is 10.9. The molecule has 1 fully saturated rings. The second kappa shape index (κ2) is 8.47. The van der Waals surface area contributed by atoms with Gasteiger partial charge in [-0.2, -0.15) is 13.2 Å². The number of benzene rings is 2. The maximum Gasteiger partial charge on any atom is 0.416 e. The minimum absolute atomic E-state index is 0.181. The number of carbonyl (C=O) groups is 2. The molecule has 1 amide bonds. The van der Waals surface area contributed by atoms with Crippen molar-refractivity contribution >= 4 is 11.9 Å². The summed E-state index contributed by atoms with van der Waals surface area (Å²) in [6.07, 6.45) is -2.54. The molecule has 4 rings (SSSR count). The molecule has 34 heavy (non-hydrogen) atoms. The van der Waals surface area contributed by atoms with Crippen LogP contribution < -0.4 is 5.32 Å². The second-order valence-corrected chi connectivity index (χ2v) is 8.93. The van der Waals surface area contributed by atoms with Crippen LogP contribution in [0.1, 0.15) is 46.8 Å². The molecule has 2 N–H and O–H groups in total. The predicted octanol–water partition coefficient (Wildman–Crippen LogP) is 4.19. The van der Waals surface area contributed by atoms with Crippen LogP contribution >= 0.6 is 0 Å². The number of carbonyl (C=O) groups excluding carboxylic acids is 1. The van der Waals surface area contributed by atoms with Gasteiger partial charge in [-0.25, -0.2) is 9.80 Å². The Labute approximate surface area is 195 Å². The van der Waals surface area contributed by atoms with Gasteiger partial charge in [0, 0.05) is 19.8 Å². The Hall–Kier alpha value is -3.33. The highest BCUT2D eigenvalue weighted by Gasteiger charge is 2.48. The zero-order chi connectivity index (χ0) is 24.8. The molecule has 1 aliphatic carbocycles. The van der Waals surface area contributed by atoms with E-state index in [9.17, 15) is 22.8 Å². The summed E-state index contributed by atoms with van der Waals surface area (Å²) in [5, 5.41) is 16.0. The standard InChI is InChI=1S/C25H26F3N3O3/c1-15-21(22(32)29-24(12-13-24)18-10-6-17(7-11-18)23(33)34)20(31(3)30(15)2)14-16-4-8-19(9-5-16)25(26,27)28/h4-11,20H,12-14H2,1-3H3,(H,29,32)(H,33,34). The predicted molar refractivity (Wildman–Crippen MR) is 120 cm³/mol.